The van der Waals surface area contributed by atoms with Gasteiger partial charge in [0.25, 0.3) is 0 Å². The second kappa shape index (κ2) is 5.21. The van der Waals surface area contributed by atoms with Crippen molar-refractivity contribution >= 4 is 29.0 Å². The van der Waals surface area contributed by atoms with Gasteiger partial charge in [-0.3, -0.25) is 0 Å². The third-order valence-electron chi connectivity index (χ3n) is 2.01. The molecule has 0 radical (unpaired) electrons. The van der Waals surface area contributed by atoms with Gasteiger partial charge in [0.15, 0.2) is 0 Å². The lowest BCUT2D eigenvalue weighted by molar-refractivity contribution is 0.462. The van der Waals surface area contributed by atoms with E-state index in [1.165, 1.54) is 6.33 Å². The predicted molar refractivity (Wildman–Crippen MR) is 68.1 cm³/mol. The average Bonchev–Trinajstić information content (AvgIpc) is 2.34. The molecular weight excluding hydrogens is 261 g/mol. The quantitative estimate of drug-likeness (QED) is 0.925. The zero-order valence-corrected chi connectivity index (χ0v) is 10.5. The molecule has 0 fully saturated rings. The van der Waals surface area contributed by atoms with Crippen LogP contribution in [0.15, 0.2) is 30.6 Å². The lowest BCUT2D eigenvalue weighted by atomic mass is 10.3. The maximum Gasteiger partial charge on any atom is 0.224 e. The van der Waals surface area contributed by atoms with Crippen LogP contribution in [-0.2, 0) is 0 Å². The molecule has 0 aliphatic heterocycles. The molecule has 0 unspecified atom stereocenters. The normalized spacial score (nSPS) is 10.1. The fraction of sp³-hybridized carbons (Fsp3) is 0.0909. The Hall–Kier alpha value is -1.52. The van der Waals surface area contributed by atoms with E-state index in [1.807, 2.05) is 0 Å². The molecule has 6 heteroatoms. The molecule has 2 aromatic rings. The third-order valence-corrected chi connectivity index (χ3v) is 2.75. The Balaban J connectivity index is 2.22. The van der Waals surface area contributed by atoms with Crippen LogP contribution in [0.4, 0.5) is 5.82 Å². The Bertz CT molecular complexity index is 534. The summed E-state index contributed by atoms with van der Waals surface area (Å²) in [6.07, 6.45) is 1.42. The van der Waals surface area contributed by atoms with Crippen LogP contribution in [0.5, 0.6) is 11.6 Å². The van der Waals surface area contributed by atoms with Crippen molar-refractivity contribution in [3.63, 3.8) is 0 Å². The number of hydrogen-bond acceptors (Lipinski definition) is 4. The maximum absolute atomic E-state index is 5.88. The standard InChI is InChI=1S/C11H9Cl2N3O/c1-14-10-5-11(16-6-15-10)17-7-2-3-8(12)9(13)4-7/h2-6H,1H3,(H,14,15,16). The number of rotatable bonds is 3. The van der Waals surface area contributed by atoms with Crippen molar-refractivity contribution in [2.75, 3.05) is 12.4 Å². The summed E-state index contributed by atoms with van der Waals surface area (Å²) in [5.74, 6) is 1.68. The predicted octanol–water partition coefficient (Wildman–Crippen LogP) is 3.62. The van der Waals surface area contributed by atoms with Crippen LogP contribution in [0.2, 0.25) is 10.0 Å². The summed E-state index contributed by atoms with van der Waals surface area (Å²) in [6, 6.07) is 6.70. The first-order valence-corrected chi connectivity index (χ1v) is 5.57. The molecule has 0 saturated heterocycles. The van der Waals surface area contributed by atoms with Gasteiger partial charge in [0.05, 0.1) is 10.0 Å². The van der Waals surface area contributed by atoms with E-state index in [0.29, 0.717) is 27.5 Å². The Kier molecular flexibility index (Phi) is 3.66. The second-order valence-electron chi connectivity index (χ2n) is 3.17. The molecule has 0 amide bonds. The van der Waals surface area contributed by atoms with Crippen LogP contribution < -0.4 is 10.1 Å². The van der Waals surface area contributed by atoms with Gasteiger partial charge in [0.2, 0.25) is 5.88 Å². The molecule has 2 rings (SSSR count). The molecule has 1 N–H and O–H groups in total. The highest BCUT2D eigenvalue weighted by atomic mass is 35.5. The van der Waals surface area contributed by atoms with Crippen molar-refractivity contribution in [3.8, 4) is 11.6 Å². The largest absolute Gasteiger partial charge is 0.439 e. The number of hydrogen-bond donors (Lipinski definition) is 1. The summed E-state index contributed by atoms with van der Waals surface area (Å²) < 4.78 is 5.52. The van der Waals surface area contributed by atoms with E-state index in [9.17, 15) is 0 Å². The summed E-state index contributed by atoms with van der Waals surface area (Å²) in [6.45, 7) is 0. The van der Waals surface area contributed by atoms with Crippen LogP contribution in [0.1, 0.15) is 0 Å². The van der Waals surface area contributed by atoms with E-state index in [1.54, 1.807) is 31.3 Å². The SMILES string of the molecule is CNc1cc(Oc2ccc(Cl)c(Cl)c2)ncn1. The van der Waals surface area contributed by atoms with Crippen molar-refractivity contribution in [1.29, 1.82) is 0 Å². The molecule has 1 aromatic carbocycles. The summed E-state index contributed by atoms with van der Waals surface area (Å²) >= 11 is 11.7. The summed E-state index contributed by atoms with van der Waals surface area (Å²) in [4.78, 5) is 7.97. The van der Waals surface area contributed by atoms with Crippen LogP contribution in [0.25, 0.3) is 0 Å². The van der Waals surface area contributed by atoms with Gasteiger partial charge in [0.1, 0.15) is 17.9 Å². The highest BCUT2D eigenvalue weighted by molar-refractivity contribution is 6.42. The van der Waals surface area contributed by atoms with Crippen LogP contribution in [-0.4, -0.2) is 17.0 Å². The van der Waals surface area contributed by atoms with Crippen molar-refractivity contribution in [2.45, 2.75) is 0 Å². The van der Waals surface area contributed by atoms with E-state index in [0.717, 1.165) is 0 Å². The first kappa shape index (κ1) is 12.0. The molecule has 0 aliphatic carbocycles. The van der Waals surface area contributed by atoms with Gasteiger partial charge in [-0.1, -0.05) is 23.2 Å². The van der Waals surface area contributed by atoms with Crippen LogP contribution >= 0.6 is 23.2 Å². The fourth-order valence-electron chi connectivity index (χ4n) is 1.19. The number of benzene rings is 1. The Morgan fingerprint density at radius 2 is 1.94 bits per heavy atom. The van der Waals surface area contributed by atoms with E-state index in [4.69, 9.17) is 27.9 Å². The number of anilines is 1. The topological polar surface area (TPSA) is 47.0 Å². The summed E-state index contributed by atoms with van der Waals surface area (Å²) in [7, 11) is 1.77. The van der Waals surface area contributed by atoms with Crippen molar-refractivity contribution < 1.29 is 4.74 Å². The molecule has 4 nitrogen and oxygen atoms in total. The number of halogens is 2. The molecule has 17 heavy (non-hydrogen) atoms. The van der Waals surface area contributed by atoms with E-state index in [2.05, 4.69) is 15.3 Å². The first-order chi connectivity index (χ1) is 8.19. The van der Waals surface area contributed by atoms with Gasteiger partial charge in [-0.05, 0) is 12.1 Å². The molecule has 1 heterocycles. The Morgan fingerprint density at radius 3 is 2.65 bits per heavy atom. The minimum absolute atomic E-state index is 0.433. The maximum atomic E-state index is 5.88. The highest BCUT2D eigenvalue weighted by Gasteiger charge is 2.03. The minimum Gasteiger partial charge on any atom is -0.439 e. The lowest BCUT2D eigenvalue weighted by Crippen LogP contribution is -1.94. The monoisotopic (exact) mass is 269 g/mol. The van der Waals surface area contributed by atoms with Crippen LogP contribution in [0.3, 0.4) is 0 Å². The third kappa shape index (κ3) is 2.99. The van der Waals surface area contributed by atoms with E-state index >= 15 is 0 Å². The zero-order chi connectivity index (χ0) is 12.3. The van der Waals surface area contributed by atoms with Crippen molar-refractivity contribution in [1.82, 2.24) is 9.97 Å². The summed E-state index contributed by atoms with van der Waals surface area (Å²) in [5.41, 5.74) is 0. The number of aromatic nitrogens is 2. The van der Waals surface area contributed by atoms with Gasteiger partial charge in [0, 0.05) is 19.2 Å². The van der Waals surface area contributed by atoms with E-state index in [-0.39, 0.29) is 0 Å². The lowest BCUT2D eigenvalue weighted by Gasteiger charge is -2.06. The van der Waals surface area contributed by atoms with Gasteiger partial charge < -0.3 is 10.1 Å². The molecule has 0 spiro atoms. The smallest absolute Gasteiger partial charge is 0.224 e. The van der Waals surface area contributed by atoms with Crippen molar-refractivity contribution in [3.05, 3.63) is 40.6 Å². The van der Waals surface area contributed by atoms with Gasteiger partial charge in [-0.15, -0.1) is 0 Å². The second-order valence-corrected chi connectivity index (χ2v) is 3.98. The Labute approximate surface area is 109 Å². The zero-order valence-electron chi connectivity index (χ0n) is 8.95. The molecule has 0 aliphatic rings. The van der Waals surface area contributed by atoms with Crippen molar-refractivity contribution in [2.24, 2.45) is 0 Å². The first-order valence-electron chi connectivity index (χ1n) is 4.82. The molecule has 0 atom stereocenters. The number of nitrogens with one attached hydrogen (secondary N) is 1. The van der Waals surface area contributed by atoms with Gasteiger partial charge >= 0.3 is 0 Å². The minimum atomic E-state index is 0.433. The molecule has 0 bridgehead atoms. The van der Waals surface area contributed by atoms with Gasteiger partial charge in [-0.2, -0.15) is 0 Å². The van der Waals surface area contributed by atoms with Gasteiger partial charge in [-0.25, -0.2) is 9.97 Å². The average molecular weight is 270 g/mol. The van der Waals surface area contributed by atoms with Crippen LogP contribution in [0, 0.1) is 0 Å². The summed E-state index contributed by atoms with van der Waals surface area (Å²) in [5, 5.41) is 3.82. The highest BCUT2D eigenvalue weighted by Crippen LogP contribution is 2.28. The molecule has 1 aromatic heterocycles. The number of nitrogens with zero attached hydrogens (tertiary/aromatic N) is 2. The molecular formula is C11H9Cl2N3O. The molecule has 88 valence electrons. The number of ether oxygens (including phenoxy) is 1. The Morgan fingerprint density at radius 1 is 1.12 bits per heavy atom. The van der Waals surface area contributed by atoms with E-state index < -0.39 is 0 Å². The fourth-order valence-corrected chi connectivity index (χ4v) is 1.48. The molecule has 0 saturated carbocycles.